The molecule has 0 radical (unpaired) electrons. The molecule has 0 bridgehead atoms. The van der Waals surface area contributed by atoms with E-state index in [-0.39, 0.29) is 18.2 Å². The highest BCUT2D eigenvalue weighted by Crippen LogP contribution is 2.39. The number of ether oxygens (including phenoxy) is 3. The molecule has 0 aliphatic carbocycles. The van der Waals surface area contributed by atoms with Crippen LogP contribution in [0.3, 0.4) is 0 Å². The second-order valence-electron chi connectivity index (χ2n) is 7.42. The number of hydrogen-bond donors (Lipinski definition) is 3. The maximum atomic E-state index is 12.4. The molecule has 10 heteroatoms. The zero-order valence-electron chi connectivity index (χ0n) is 18.9. The van der Waals surface area contributed by atoms with Crippen LogP contribution in [0, 0.1) is 9.49 Å². The van der Waals surface area contributed by atoms with Crippen LogP contribution >= 0.6 is 22.6 Å². The largest absolute Gasteiger partial charge is 0.490 e. The minimum atomic E-state index is -0.830. The van der Waals surface area contributed by atoms with Gasteiger partial charge in [-0.1, -0.05) is 36.9 Å². The Kier molecular flexibility index (Phi) is 8.74. The summed E-state index contributed by atoms with van der Waals surface area (Å²) in [5.74, 6) is -0.856. The van der Waals surface area contributed by atoms with Gasteiger partial charge in [-0.3, -0.25) is 9.59 Å². The fraction of sp³-hybridized carbons (Fsp3) is 0.292. The molecular weight excluding hydrogens is 553 g/mol. The van der Waals surface area contributed by atoms with Crippen LogP contribution in [0.25, 0.3) is 0 Å². The second kappa shape index (κ2) is 11.7. The van der Waals surface area contributed by atoms with Crippen molar-refractivity contribution in [2.45, 2.75) is 19.5 Å². The molecule has 0 unspecified atom stereocenters. The van der Waals surface area contributed by atoms with Crippen LogP contribution in [0.15, 0.2) is 54.7 Å². The van der Waals surface area contributed by atoms with Crippen molar-refractivity contribution in [1.82, 2.24) is 16.0 Å². The molecule has 1 aliphatic rings. The SMILES string of the molecule is C=C1NC(=O)N[C@H](c2cc(I)c(OCC(=O)NCc3ccccc3)c(OCC)c2)[C@H]1C(=O)OC. The summed E-state index contributed by atoms with van der Waals surface area (Å²) in [5, 5.41) is 8.09. The number of urea groups is 1. The van der Waals surface area contributed by atoms with Crippen LogP contribution in [-0.4, -0.2) is 38.2 Å². The maximum absolute atomic E-state index is 12.4. The van der Waals surface area contributed by atoms with Gasteiger partial charge >= 0.3 is 12.0 Å². The molecule has 34 heavy (non-hydrogen) atoms. The molecule has 2 atom stereocenters. The van der Waals surface area contributed by atoms with Gasteiger partial charge in [0.25, 0.3) is 5.91 Å². The Labute approximate surface area is 211 Å². The fourth-order valence-electron chi connectivity index (χ4n) is 3.52. The smallest absolute Gasteiger partial charge is 0.319 e. The van der Waals surface area contributed by atoms with Gasteiger partial charge in [-0.15, -0.1) is 0 Å². The molecule has 180 valence electrons. The standard InChI is InChI=1S/C24H26IN3O6/c1-4-33-18-11-16(21-20(23(30)32-3)14(2)27-24(31)28-21)10-17(25)22(18)34-13-19(29)26-12-15-8-6-5-7-9-15/h5-11,20-21H,2,4,12-13H2,1,3H3,(H,26,29)(H2,27,28,31)/t20-,21+/m0/s1. The van der Waals surface area contributed by atoms with Crippen LogP contribution in [-0.2, 0) is 20.9 Å². The van der Waals surface area contributed by atoms with Crippen molar-refractivity contribution in [2.75, 3.05) is 20.3 Å². The van der Waals surface area contributed by atoms with Crippen molar-refractivity contribution in [3.8, 4) is 11.5 Å². The van der Waals surface area contributed by atoms with Gasteiger partial charge in [0.05, 0.1) is 23.3 Å². The molecule has 1 fully saturated rings. The number of carbonyl (C=O) groups is 3. The highest BCUT2D eigenvalue weighted by atomic mass is 127. The van der Waals surface area contributed by atoms with Crippen LogP contribution in [0.1, 0.15) is 24.1 Å². The average molecular weight is 579 g/mol. The Morgan fingerprint density at radius 1 is 1.18 bits per heavy atom. The van der Waals surface area contributed by atoms with Gasteiger partial charge in [0.15, 0.2) is 18.1 Å². The topological polar surface area (TPSA) is 115 Å². The van der Waals surface area contributed by atoms with E-state index in [0.717, 1.165) is 5.56 Å². The van der Waals surface area contributed by atoms with Gasteiger partial charge in [-0.25, -0.2) is 4.79 Å². The Hall–Kier alpha value is -3.28. The Morgan fingerprint density at radius 2 is 1.91 bits per heavy atom. The van der Waals surface area contributed by atoms with Crippen molar-refractivity contribution >= 4 is 40.5 Å². The number of benzene rings is 2. The summed E-state index contributed by atoms with van der Waals surface area (Å²) in [6, 6.07) is 11.8. The van der Waals surface area contributed by atoms with E-state index in [1.165, 1.54) is 7.11 Å². The molecule has 3 rings (SSSR count). The number of amides is 3. The highest BCUT2D eigenvalue weighted by Gasteiger charge is 2.39. The number of methoxy groups -OCH3 is 1. The third kappa shape index (κ3) is 6.19. The summed E-state index contributed by atoms with van der Waals surface area (Å²) in [6.45, 7) is 6.17. The second-order valence-corrected chi connectivity index (χ2v) is 8.58. The van der Waals surface area contributed by atoms with E-state index in [0.29, 0.717) is 33.8 Å². The van der Waals surface area contributed by atoms with E-state index in [1.807, 2.05) is 37.3 Å². The summed E-state index contributed by atoms with van der Waals surface area (Å²) in [4.78, 5) is 36.8. The van der Waals surface area contributed by atoms with E-state index in [9.17, 15) is 14.4 Å². The molecule has 2 aromatic rings. The minimum absolute atomic E-state index is 0.200. The number of rotatable bonds is 9. The first kappa shape index (κ1) is 25.3. The van der Waals surface area contributed by atoms with E-state index in [1.54, 1.807) is 12.1 Å². The number of nitrogens with one attached hydrogen (secondary N) is 3. The predicted octanol–water partition coefficient (Wildman–Crippen LogP) is 3.04. The van der Waals surface area contributed by atoms with Gasteiger partial charge in [-0.05, 0) is 52.8 Å². The molecule has 0 saturated carbocycles. The van der Waals surface area contributed by atoms with Crippen LogP contribution in [0.2, 0.25) is 0 Å². The van der Waals surface area contributed by atoms with Gasteiger partial charge in [0.2, 0.25) is 0 Å². The lowest BCUT2D eigenvalue weighted by atomic mass is 9.89. The number of hydrogen-bond acceptors (Lipinski definition) is 6. The molecule has 3 amide bonds. The number of carbonyl (C=O) groups excluding carboxylic acids is 3. The van der Waals surface area contributed by atoms with Crippen molar-refractivity contribution in [1.29, 1.82) is 0 Å². The van der Waals surface area contributed by atoms with Crippen molar-refractivity contribution in [2.24, 2.45) is 5.92 Å². The fourth-order valence-corrected chi connectivity index (χ4v) is 4.30. The highest BCUT2D eigenvalue weighted by molar-refractivity contribution is 14.1. The van der Waals surface area contributed by atoms with Crippen LogP contribution in [0.5, 0.6) is 11.5 Å². The number of halogens is 1. The first-order valence-corrected chi connectivity index (χ1v) is 11.7. The van der Waals surface area contributed by atoms with Crippen LogP contribution < -0.4 is 25.4 Å². The molecule has 2 aromatic carbocycles. The molecule has 1 aliphatic heterocycles. The third-order valence-electron chi connectivity index (χ3n) is 5.10. The van der Waals surface area contributed by atoms with Gasteiger partial charge in [0.1, 0.15) is 5.92 Å². The van der Waals surface area contributed by atoms with Gasteiger partial charge in [0, 0.05) is 12.2 Å². The first-order valence-electron chi connectivity index (χ1n) is 10.6. The van der Waals surface area contributed by atoms with E-state index >= 15 is 0 Å². The van der Waals surface area contributed by atoms with E-state index in [2.05, 4.69) is 45.1 Å². The molecule has 0 aromatic heterocycles. The lowest BCUT2D eigenvalue weighted by molar-refractivity contribution is -0.145. The van der Waals surface area contributed by atoms with Crippen molar-refractivity contribution < 1.29 is 28.6 Å². The quantitative estimate of drug-likeness (QED) is 0.311. The summed E-state index contributed by atoms with van der Waals surface area (Å²) >= 11 is 2.07. The minimum Gasteiger partial charge on any atom is -0.490 e. The van der Waals surface area contributed by atoms with Crippen molar-refractivity contribution in [3.05, 3.63) is 69.4 Å². The predicted molar refractivity (Wildman–Crippen MR) is 133 cm³/mol. The summed E-state index contributed by atoms with van der Waals surface area (Å²) in [5.41, 5.74) is 1.83. The average Bonchev–Trinajstić information content (AvgIpc) is 2.82. The zero-order chi connectivity index (χ0) is 24.7. The van der Waals surface area contributed by atoms with Gasteiger partial charge < -0.3 is 30.2 Å². The van der Waals surface area contributed by atoms with E-state index in [4.69, 9.17) is 14.2 Å². The normalized spacial score (nSPS) is 17.3. The lowest BCUT2D eigenvalue weighted by Crippen LogP contribution is -2.51. The Bertz CT molecular complexity index is 1080. The maximum Gasteiger partial charge on any atom is 0.319 e. The van der Waals surface area contributed by atoms with Crippen LogP contribution in [0.4, 0.5) is 4.79 Å². The zero-order valence-corrected chi connectivity index (χ0v) is 21.0. The van der Waals surface area contributed by atoms with E-state index < -0.39 is 24.0 Å². The Balaban J connectivity index is 1.79. The Morgan fingerprint density at radius 3 is 2.59 bits per heavy atom. The summed E-state index contributed by atoms with van der Waals surface area (Å²) < 4.78 is 17.1. The molecule has 0 spiro atoms. The molecule has 1 saturated heterocycles. The molecule has 1 heterocycles. The molecule has 9 nitrogen and oxygen atoms in total. The monoisotopic (exact) mass is 579 g/mol. The lowest BCUT2D eigenvalue weighted by Gasteiger charge is -2.33. The molecule has 3 N–H and O–H groups in total. The molecular formula is C24H26IN3O6. The third-order valence-corrected chi connectivity index (χ3v) is 5.90. The van der Waals surface area contributed by atoms with Gasteiger partial charge in [-0.2, -0.15) is 0 Å². The summed E-state index contributed by atoms with van der Waals surface area (Å²) in [7, 11) is 1.28. The summed E-state index contributed by atoms with van der Waals surface area (Å²) in [6.07, 6.45) is 0. The first-order chi connectivity index (χ1) is 16.3. The number of esters is 1. The van der Waals surface area contributed by atoms with Crippen molar-refractivity contribution in [3.63, 3.8) is 0 Å².